The first-order valence-electron chi connectivity index (χ1n) is 2.20. The average molecular weight is 157 g/mol. The van der Waals surface area contributed by atoms with Crippen molar-refractivity contribution >= 4 is 4.46 Å². The van der Waals surface area contributed by atoms with E-state index < -0.39 is 0 Å². The third kappa shape index (κ3) is 1.25. The van der Waals surface area contributed by atoms with Crippen molar-refractivity contribution in [2.24, 2.45) is 0 Å². The summed E-state index contributed by atoms with van der Waals surface area (Å²) in [6, 6.07) is 6.48. The Morgan fingerprint density at radius 3 is 2.00 bits per heavy atom. The van der Waals surface area contributed by atoms with Gasteiger partial charge in [0.1, 0.15) is 0 Å². The van der Waals surface area contributed by atoms with Crippen LogP contribution in [0.2, 0.25) is 0 Å². The van der Waals surface area contributed by atoms with Crippen molar-refractivity contribution in [3.8, 4) is 5.75 Å². The van der Waals surface area contributed by atoms with Crippen LogP contribution in [0.15, 0.2) is 24.3 Å². The van der Waals surface area contributed by atoms with Gasteiger partial charge in [-0.05, 0) is 0 Å². The minimum absolute atomic E-state index is 0.259. The van der Waals surface area contributed by atoms with Crippen molar-refractivity contribution in [2.45, 2.75) is 0 Å². The van der Waals surface area contributed by atoms with E-state index >= 15 is 0 Å². The Morgan fingerprint density at radius 1 is 1.12 bits per heavy atom. The summed E-state index contributed by atoms with van der Waals surface area (Å²) >= 11 is 4.90. The van der Waals surface area contributed by atoms with Gasteiger partial charge in [-0.1, -0.05) is 0 Å². The van der Waals surface area contributed by atoms with Crippen LogP contribution in [0.25, 0.3) is 0 Å². The number of hydrogen-bond acceptors (Lipinski definition) is 1. The van der Waals surface area contributed by atoms with Gasteiger partial charge < -0.3 is 0 Å². The standard InChI is InChI=1S/C6H5O.Cu/c7-6-4-2-1-3-5-6;/h2-5,7H;. The van der Waals surface area contributed by atoms with Gasteiger partial charge in [0.05, 0.1) is 0 Å². The van der Waals surface area contributed by atoms with Crippen molar-refractivity contribution in [1.29, 1.82) is 0 Å². The van der Waals surface area contributed by atoms with Gasteiger partial charge in [0.2, 0.25) is 0 Å². The molecule has 1 aromatic carbocycles. The molecule has 0 unspecified atom stereocenters. The molecule has 0 saturated heterocycles. The average Bonchev–Trinajstić information content (AvgIpc) is 1.77. The second-order valence-corrected chi connectivity index (χ2v) is 1.98. The molecule has 0 aliphatic heterocycles. The zero-order chi connectivity index (χ0) is 5.98. The van der Waals surface area contributed by atoms with Crippen LogP contribution in [0.1, 0.15) is 0 Å². The van der Waals surface area contributed by atoms with Gasteiger partial charge in [0.25, 0.3) is 0 Å². The van der Waals surface area contributed by atoms with Crippen LogP contribution < -0.4 is 4.46 Å². The van der Waals surface area contributed by atoms with Crippen molar-refractivity contribution < 1.29 is 21.1 Å². The van der Waals surface area contributed by atoms with E-state index in [1.54, 1.807) is 24.3 Å². The van der Waals surface area contributed by atoms with Crippen LogP contribution in [0.4, 0.5) is 0 Å². The maximum atomic E-state index is 8.71. The van der Waals surface area contributed by atoms with E-state index in [0.717, 1.165) is 4.46 Å². The predicted octanol–water partition coefficient (Wildman–Crippen LogP) is 0.564. The van der Waals surface area contributed by atoms with E-state index in [1.807, 2.05) is 0 Å². The molecule has 0 aliphatic rings. The van der Waals surface area contributed by atoms with E-state index in [1.165, 1.54) is 0 Å². The van der Waals surface area contributed by atoms with Crippen LogP contribution in [0, 0.1) is 0 Å². The summed E-state index contributed by atoms with van der Waals surface area (Å²) in [4.78, 5) is 0. The van der Waals surface area contributed by atoms with E-state index in [9.17, 15) is 0 Å². The summed E-state index contributed by atoms with van der Waals surface area (Å²) in [5, 5.41) is 8.71. The Morgan fingerprint density at radius 2 is 1.62 bits per heavy atom. The van der Waals surface area contributed by atoms with Gasteiger partial charge in [0, 0.05) is 0 Å². The van der Waals surface area contributed by atoms with Crippen molar-refractivity contribution in [3.05, 3.63) is 24.3 Å². The molecule has 0 aromatic heterocycles. The van der Waals surface area contributed by atoms with Crippen molar-refractivity contribution in [1.82, 2.24) is 0 Å². The van der Waals surface area contributed by atoms with Gasteiger partial charge in [-0.25, -0.2) is 0 Å². The molecule has 2 heteroatoms. The van der Waals surface area contributed by atoms with E-state index in [0.29, 0.717) is 0 Å². The van der Waals surface area contributed by atoms with Crippen molar-refractivity contribution in [2.75, 3.05) is 0 Å². The molecule has 0 atom stereocenters. The van der Waals surface area contributed by atoms with Crippen LogP contribution in [-0.2, 0) is 16.0 Å². The zero-order valence-corrected chi connectivity index (χ0v) is 5.00. The molecule has 1 aromatic rings. The Labute approximate surface area is 56.2 Å². The molecule has 0 bridgehead atoms. The van der Waals surface area contributed by atoms with Gasteiger partial charge in [0.15, 0.2) is 0 Å². The topological polar surface area (TPSA) is 20.2 Å². The number of phenolic OH excluding ortho intramolecular Hbond substituents is 1. The Bertz CT molecular complexity index is 147. The maximum absolute atomic E-state index is 8.71. The molecule has 46 valence electrons. The number of rotatable bonds is 0. The predicted molar refractivity (Wildman–Crippen MR) is 27.7 cm³/mol. The van der Waals surface area contributed by atoms with Crippen LogP contribution in [-0.4, -0.2) is 5.11 Å². The second-order valence-electron chi connectivity index (χ2n) is 1.43. The number of phenols is 1. The number of benzene rings is 1. The second kappa shape index (κ2) is 2.21. The van der Waals surface area contributed by atoms with Gasteiger partial charge in [-0.3, -0.25) is 0 Å². The Hall–Kier alpha value is -0.461. The Balaban J connectivity index is 3.03. The van der Waals surface area contributed by atoms with E-state index in [-0.39, 0.29) is 5.75 Å². The monoisotopic (exact) mass is 156 g/mol. The molecule has 0 radical (unpaired) electrons. The Kier molecular flexibility index (Phi) is 1.56. The SMILES string of the molecule is Oc1cc[c]([Cu])cc1. The molecule has 0 aliphatic carbocycles. The first-order valence-corrected chi connectivity index (χ1v) is 2.67. The molecule has 1 N–H and O–H groups in total. The molecule has 1 nitrogen and oxygen atoms in total. The molecule has 1 rings (SSSR count). The summed E-state index contributed by atoms with van der Waals surface area (Å²) in [5.74, 6) is 0.259. The van der Waals surface area contributed by atoms with Crippen LogP contribution in [0.5, 0.6) is 5.75 Å². The molecule has 8 heavy (non-hydrogen) atoms. The minimum atomic E-state index is 0.259. The summed E-state index contributed by atoms with van der Waals surface area (Å²) in [6.45, 7) is 0. The fourth-order valence-corrected chi connectivity index (χ4v) is 0.585. The van der Waals surface area contributed by atoms with E-state index in [4.69, 9.17) is 21.1 Å². The van der Waals surface area contributed by atoms with Crippen LogP contribution in [0.3, 0.4) is 0 Å². The third-order valence-corrected chi connectivity index (χ3v) is 1.12. The summed E-state index contributed by atoms with van der Waals surface area (Å²) < 4.78 is 0.732. The molecule has 0 heterocycles. The number of hydrogen-bond donors (Lipinski definition) is 1. The molecule has 0 spiro atoms. The molecule has 0 saturated carbocycles. The van der Waals surface area contributed by atoms with Gasteiger partial charge in [-0.15, -0.1) is 0 Å². The summed E-state index contributed by atoms with van der Waals surface area (Å²) in [7, 11) is 0. The summed E-state index contributed by atoms with van der Waals surface area (Å²) in [6.07, 6.45) is 0. The zero-order valence-electron chi connectivity index (χ0n) is 4.06. The first-order chi connectivity index (χ1) is 3.79. The fourth-order valence-electron chi connectivity index (χ4n) is 0.428. The summed E-state index contributed by atoms with van der Waals surface area (Å²) in [5.41, 5.74) is 0. The fraction of sp³-hybridized carbons (Fsp3) is 0. The molecule has 0 fully saturated rings. The van der Waals surface area contributed by atoms with Crippen molar-refractivity contribution in [3.63, 3.8) is 0 Å². The van der Waals surface area contributed by atoms with E-state index in [2.05, 4.69) is 0 Å². The number of aromatic hydroxyl groups is 1. The quantitative estimate of drug-likeness (QED) is 0.545. The van der Waals surface area contributed by atoms with Crippen LogP contribution >= 0.6 is 0 Å². The molecule has 0 amide bonds. The van der Waals surface area contributed by atoms with Gasteiger partial charge in [-0.2, -0.15) is 0 Å². The first kappa shape index (κ1) is 5.67. The van der Waals surface area contributed by atoms with Gasteiger partial charge >= 0.3 is 55.6 Å². The molecular formula is C6H5CuO. The third-order valence-electron chi connectivity index (χ3n) is 0.801. The molecular weight excluding hydrogens is 152 g/mol. The normalized spacial score (nSPS) is 9.25.